The van der Waals surface area contributed by atoms with Gasteiger partial charge in [0.25, 0.3) is 0 Å². The summed E-state index contributed by atoms with van der Waals surface area (Å²) in [5, 5.41) is 8.11. The quantitative estimate of drug-likeness (QED) is 0.552. The van der Waals surface area contributed by atoms with Crippen LogP contribution in [0.4, 0.5) is 9.52 Å². The molecule has 0 radical (unpaired) electrons. The highest BCUT2D eigenvalue weighted by atomic mass is 32.2. The molecule has 2 heterocycles. The zero-order chi connectivity index (χ0) is 23.1. The Bertz CT molecular complexity index is 1390. The molecule has 1 atom stereocenters. The Morgan fingerprint density at radius 1 is 1.12 bits per heavy atom. The van der Waals surface area contributed by atoms with Gasteiger partial charge in [-0.1, -0.05) is 11.3 Å². The third-order valence-electron chi connectivity index (χ3n) is 5.12. The number of sulfonamides is 2. The number of carbonyl (C=O) groups is 1. The second-order valence-corrected chi connectivity index (χ2v) is 11.9. The third kappa shape index (κ3) is 4.66. The molecule has 13 heteroatoms. The van der Waals surface area contributed by atoms with Crippen molar-refractivity contribution in [2.45, 2.75) is 22.6 Å². The Balaban J connectivity index is 1.49. The number of rotatable bonds is 5. The minimum atomic E-state index is -3.86. The highest BCUT2D eigenvalue weighted by molar-refractivity contribution is 7.89. The number of amides is 1. The van der Waals surface area contributed by atoms with Gasteiger partial charge in [0.2, 0.25) is 26.0 Å². The van der Waals surface area contributed by atoms with Gasteiger partial charge in [-0.2, -0.15) is 4.31 Å². The maximum Gasteiger partial charge on any atom is 0.243 e. The van der Waals surface area contributed by atoms with Gasteiger partial charge in [-0.25, -0.2) is 31.3 Å². The molecular formula is C19H19FN4O5S3. The molecule has 0 aliphatic carbocycles. The number of halogens is 1. The van der Waals surface area contributed by atoms with Crippen molar-refractivity contribution in [2.24, 2.45) is 11.1 Å². The molecule has 2 aromatic carbocycles. The fraction of sp³-hybridized carbons (Fsp3) is 0.263. The molecule has 1 fully saturated rings. The van der Waals surface area contributed by atoms with Gasteiger partial charge in [0, 0.05) is 13.1 Å². The molecule has 0 saturated carbocycles. The SMILES string of the molecule is NS(=O)(=O)c1ccc2nc(NC(=O)C3CCCN(S(=O)(=O)c4ccc(F)cc4)C3)sc2c1. The Morgan fingerprint density at radius 3 is 2.50 bits per heavy atom. The van der Waals surface area contributed by atoms with E-state index in [4.69, 9.17) is 5.14 Å². The first-order chi connectivity index (χ1) is 15.0. The average molecular weight is 499 g/mol. The van der Waals surface area contributed by atoms with Crippen molar-refractivity contribution in [3.63, 3.8) is 0 Å². The molecule has 1 aliphatic rings. The molecule has 1 saturated heterocycles. The maximum absolute atomic E-state index is 13.1. The lowest BCUT2D eigenvalue weighted by molar-refractivity contribution is -0.120. The van der Waals surface area contributed by atoms with E-state index in [0.717, 1.165) is 23.5 Å². The van der Waals surface area contributed by atoms with E-state index in [1.54, 1.807) is 0 Å². The Kier molecular flexibility index (Phi) is 6.02. The molecule has 1 amide bonds. The van der Waals surface area contributed by atoms with Crippen LogP contribution >= 0.6 is 11.3 Å². The van der Waals surface area contributed by atoms with Crippen molar-refractivity contribution in [1.82, 2.24) is 9.29 Å². The fourth-order valence-corrected chi connectivity index (χ4v) is 6.52. The summed E-state index contributed by atoms with van der Waals surface area (Å²) in [5.74, 6) is -1.51. The Hall–Kier alpha value is -2.45. The molecule has 9 nitrogen and oxygen atoms in total. The number of benzene rings is 2. The van der Waals surface area contributed by atoms with Crippen molar-refractivity contribution in [1.29, 1.82) is 0 Å². The van der Waals surface area contributed by atoms with Crippen LogP contribution in [-0.2, 0) is 24.8 Å². The first-order valence-electron chi connectivity index (χ1n) is 9.54. The van der Waals surface area contributed by atoms with Gasteiger partial charge in [-0.05, 0) is 55.3 Å². The molecule has 0 spiro atoms. The van der Waals surface area contributed by atoms with Crippen LogP contribution in [0.2, 0.25) is 0 Å². The fourth-order valence-electron chi connectivity index (χ4n) is 3.47. The summed E-state index contributed by atoms with van der Waals surface area (Å²) in [5.41, 5.74) is 0.502. The van der Waals surface area contributed by atoms with Crippen molar-refractivity contribution in [3.05, 3.63) is 48.3 Å². The predicted molar refractivity (Wildman–Crippen MR) is 118 cm³/mol. The number of hydrogen-bond donors (Lipinski definition) is 2. The van der Waals surface area contributed by atoms with Gasteiger partial charge in [-0.3, -0.25) is 4.79 Å². The maximum atomic E-state index is 13.1. The summed E-state index contributed by atoms with van der Waals surface area (Å²) in [7, 11) is -7.71. The van der Waals surface area contributed by atoms with E-state index in [0.29, 0.717) is 23.1 Å². The van der Waals surface area contributed by atoms with Gasteiger partial charge in [0.15, 0.2) is 5.13 Å². The molecule has 3 aromatic rings. The molecule has 0 bridgehead atoms. The third-order valence-corrected chi connectivity index (χ3v) is 8.85. The summed E-state index contributed by atoms with van der Waals surface area (Å²) in [6.07, 6.45) is 0.998. The smallest absolute Gasteiger partial charge is 0.243 e. The number of hydrogen-bond acceptors (Lipinski definition) is 7. The Labute approximate surface area is 188 Å². The number of anilines is 1. The van der Waals surface area contributed by atoms with Crippen LogP contribution in [0.3, 0.4) is 0 Å². The first-order valence-corrected chi connectivity index (χ1v) is 13.3. The lowest BCUT2D eigenvalue weighted by Gasteiger charge is -2.31. The number of primary sulfonamides is 1. The number of nitrogens with zero attached hydrogens (tertiary/aromatic N) is 2. The molecule has 3 N–H and O–H groups in total. The van der Waals surface area contributed by atoms with E-state index < -0.39 is 31.8 Å². The summed E-state index contributed by atoms with van der Waals surface area (Å²) in [6.45, 7) is 0.257. The van der Waals surface area contributed by atoms with E-state index in [1.165, 1.54) is 34.6 Å². The molecule has 1 aromatic heterocycles. The molecule has 170 valence electrons. The molecular weight excluding hydrogens is 479 g/mol. The largest absolute Gasteiger partial charge is 0.302 e. The van der Waals surface area contributed by atoms with Crippen LogP contribution in [0.1, 0.15) is 12.8 Å². The lowest BCUT2D eigenvalue weighted by Crippen LogP contribution is -2.43. The van der Waals surface area contributed by atoms with Gasteiger partial charge < -0.3 is 5.32 Å². The van der Waals surface area contributed by atoms with Gasteiger partial charge in [0.1, 0.15) is 5.82 Å². The average Bonchev–Trinajstić information content (AvgIpc) is 3.15. The Morgan fingerprint density at radius 2 is 1.81 bits per heavy atom. The lowest BCUT2D eigenvalue weighted by atomic mass is 9.99. The van der Waals surface area contributed by atoms with Crippen molar-refractivity contribution >= 4 is 52.6 Å². The monoisotopic (exact) mass is 498 g/mol. The number of carbonyl (C=O) groups excluding carboxylic acids is 1. The number of nitrogens with one attached hydrogen (secondary N) is 1. The highest BCUT2D eigenvalue weighted by Crippen LogP contribution is 2.30. The zero-order valence-corrected chi connectivity index (χ0v) is 19.0. The van der Waals surface area contributed by atoms with E-state index in [-0.39, 0.29) is 33.9 Å². The summed E-state index contributed by atoms with van der Waals surface area (Å²) in [6, 6.07) is 8.78. The number of fused-ring (bicyclic) bond motifs is 1. The van der Waals surface area contributed by atoms with Crippen LogP contribution in [0, 0.1) is 11.7 Å². The van der Waals surface area contributed by atoms with Crippen LogP contribution < -0.4 is 10.5 Å². The minimum Gasteiger partial charge on any atom is -0.302 e. The normalized spacial score (nSPS) is 18.0. The number of thiazole rings is 1. The van der Waals surface area contributed by atoms with Crippen LogP contribution in [0.25, 0.3) is 10.2 Å². The second kappa shape index (κ2) is 8.48. The second-order valence-electron chi connectivity index (χ2n) is 7.34. The van der Waals surface area contributed by atoms with E-state index in [1.807, 2.05) is 0 Å². The topological polar surface area (TPSA) is 140 Å². The van der Waals surface area contributed by atoms with Crippen molar-refractivity contribution in [2.75, 3.05) is 18.4 Å². The minimum absolute atomic E-state index is 0.00793. The summed E-state index contributed by atoms with van der Waals surface area (Å²) < 4.78 is 63.7. The summed E-state index contributed by atoms with van der Waals surface area (Å²) in [4.78, 5) is 17.0. The predicted octanol–water partition coefficient (Wildman–Crippen LogP) is 2.12. The van der Waals surface area contributed by atoms with Crippen molar-refractivity contribution < 1.29 is 26.0 Å². The van der Waals surface area contributed by atoms with Crippen LogP contribution in [0.5, 0.6) is 0 Å². The molecule has 1 aliphatic heterocycles. The van der Waals surface area contributed by atoms with Gasteiger partial charge in [0.05, 0.1) is 25.9 Å². The van der Waals surface area contributed by atoms with E-state index >= 15 is 0 Å². The van der Waals surface area contributed by atoms with Gasteiger partial charge in [-0.15, -0.1) is 0 Å². The zero-order valence-electron chi connectivity index (χ0n) is 16.6. The summed E-state index contributed by atoms with van der Waals surface area (Å²) >= 11 is 1.09. The number of piperidine rings is 1. The molecule has 1 unspecified atom stereocenters. The van der Waals surface area contributed by atoms with E-state index in [9.17, 15) is 26.0 Å². The van der Waals surface area contributed by atoms with Crippen LogP contribution in [-0.4, -0.2) is 45.1 Å². The van der Waals surface area contributed by atoms with Gasteiger partial charge >= 0.3 is 0 Å². The molecule has 32 heavy (non-hydrogen) atoms. The molecule has 4 rings (SSSR count). The van der Waals surface area contributed by atoms with Crippen molar-refractivity contribution in [3.8, 4) is 0 Å². The number of nitrogens with two attached hydrogens (primary N) is 1. The number of aromatic nitrogens is 1. The highest BCUT2D eigenvalue weighted by Gasteiger charge is 2.33. The first kappa shape index (κ1) is 22.7. The standard InChI is InChI=1S/C19H19FN4O5S3/c20-13-3-5-14(6-4-13)32(28,29)24-9-1-2-12(11-24)18(25)23-19-22-16-8-7-15(31(21,26)27)10-17(16)30-19/h3-8,10,12H,1-2,9,11H2,(H2,21,26,27)(H,22,23,25). The van der Waals surface area contributed by atoms with E-state index in [2.05, 4.69) is 10.3 Å². The van der Waals surface area contributed by atoms with Crippen LogP contribution in [0.15, 0.2) is 52.3 Å².